The molecule has 0 spiro atoms. The first-order valence-electron chi connectivity index (χ1n) is 14.3. The first kappa shape index (κ1) is 26.0. The Kier molecular flexibility index (Phi) is 7.14. The van der Waals surface area contributed by atoms with Crippen LogP contribution >= 0.6 is 0 Å². The summed E-state index contributed by atoms with van der Waals surface area (Å²) >= 11 is 0. The van der Waals surface area contributed by atoms with E-state index in [0.29, 0.717) is 29.2 Å². The average molecular weight is 537 g/mol. The summed E-state index contributed by atoms with van der Waals surface area (Å²) in [5.74, 6) is -1.09. The second-order valence-corrected chi connectivity index (χ2v) is 11.9. The summed E-state index contributed by atoms with van der Waals surface area (Å²) in [6.07, 6.45) is 13.2. The molecule has 2 unspecified atom stereocenters. The minimum Gasteiger partial charge on any atom is -0.479 e. The summed E-state index contributed by atoms with van der Waals surface area (Å²) in [4.78, 5) is 48.7. The van der Waals surface area contributed by atoms with Gasteiger partial charge in [-0.15, -0.1) is 0 Å². The normalized spacial score (nSPS) is 31.1. The van der Waals surface area contributed by atoms with Crippen LogP contribution in [0.15, 0.2) is 34.2 Å². The van der Waals surface area contributed by atoms with Gasteiger partial charge in [-0.05, 0) is 68.9 Å². The number of piperidine rings is 2. The van der Waals surface area contributed by atoms with Crippen LogP contribution in [0.3, 0.4) is 0 Å². The number of carboxylic acid groups (broad SMARTS) is 2. The number of para-hydroxylation sites is 2. The summed E-state index contributed by atoms with van der Waals surface area (Å²) in [6.45, 7) is -0.816. The van der Waals surface area contributed by atoms with Gasteiger partial charge in [-0.3, -0.25) is 9.69 Å². The first-order valence-corrected chi connectivity index (χ1v) is 14.3. The van der Waals surface area contributed by atoms with Gasteiger partial charge in [0.1, 0.15) is 0 Å². The van der Waals surface area contributed by atoms with Crippen molar-refractivity contribution in [1.82, 2.24) is 14.5 Å². The summed E-state index contributed by atoms with van der Waals surface area (Å²) in [5.41, 5.74) is -0.387. The Hall–Kier alpha value is -3.27. The van der Waals surface area contributed by atoms with E-state index < -0.39 is 29.8 Å². The molecule has 6 atom stereocenters. The monoisotopic (exact) mass is 536 g/mol. The fourth-order valence-electron chi connectivity index (χ4n) is 8.14. The van der Waals surface area contributed by atoms with Crippen molar-refractivity contribution >= 4 is 28.7 Å². The summed E-state index contributed by atoms with van der Waals surface area (Å²) < 4.78 is 1.73. The highest BCUT2D eigenvalue weighted by Crippen LogP contribution is 2.47. The van der Waals surface area contributed by atoms with Gasteiger partial charge >= 0.3 is 11.9 Å². The molecule has 4 bridgehead atoms. The highest BCUT2D eigenvalue weighted by molar-refractivity contribution is 6.41. The van der Waals surface area contributed by atoms with Crippen LogP contribution in [0.1, 0.15) is 82.4 Å². The molecule has 208 valence electrons. The van der Waals surface area contributed by atoms with E-state index in [1.54, 1.807) is 16.7 Å². The van der Waals surface area contributed by atoms with E-state index in [1.807, 2.05) is 12.1 Å². The lowest BCUT2D eigenvalue weighted by molar-refractivity contribution is -0.142. The number of hydrogen-bond acceptors (Lipinski definition) is 7. The zero-order chi connectivity index (χ0) is 27.1. The molecule has 2 aromatic rings. The van der Waals surface area contributed by atoms with Crippen molar-refractivity contribution in [2.45, 2.75) is 94.8 Å². The summed E-state index contributed by atoms with van der Waals surface area (Å²) in [7, 11) is 0. The third-order valence-corrected chi connectivity index (χ3v) is 9.46. The molecule has 2 saturated carbocycles. The Morgan fingerprint density at radius 3 is 2.23 bits per heavy atom. The van der Waals surface area contributed by atoms with Crippen molar-refractivity contribution in [2.75, 3.05) is 6.61 Å². The molecule has 39 heavy (non-hydrogen) atoms. The first-order chi connectivity index (χ1) is 18.9. The van der Waals surface area contributed by atoms with Crippen LogP contribution in [0.25, 0.3) is 11.0 Å². The van der Waals surface area contributed by atoms with E-state index >= 15 is 0 Å². The highest BCUT2D eigenvalue weighted by atomic mass is 16.6. The fraction of sp³-hybridized carbons (Fsp3) is 0.621. The van der Waals surface area contributed by atoms with Gasteiger partial charge in [0.15, 0.2) is 5.69 Å². The van der Waals surface area contributed by atoms with E-state index in [2.05, 4.69) is 15.0 Å². The second kappa shape index (κ2) is 10.7. The highest BCUT2D eigenvalue weighted by Gasteiger charge is 2.45. The molecule has 1 aromatic heterocycles. The standard InChI is InChI=1S/C29H36N4O6/c34-25(35)16-39-31-27(29(37)38)26-28(36)33(24-10-2-1-9-23(24)30-26)22-14-19-7-4-8-20(15-22)32(19)21-12-17-5-3-6-18(11-17)13-21/h1-2,9-10,17-22H,3-8,11-16H2,(H,34,35)(H,37,38)/b31-27-/t17-,18+,19-,20+,21?,22?. The van der Waals surface area contributed by atoms with Crippen LogP contribution in [-0.2, 0) is 14.4 Å². The van der Waals surface area contributed by atoms with Crippen LogP contribution in [-0.4, -0.2) is 67.0 Å². The Morgan fingerprint density at radius 1 is 0.897 bits per heavy atom. The minimum atomic E-state index is -1.50. The molecule has 3 heterocycles. The van der Waals surface area contributed by atoms with Gasteiger partial charge in [-0.1, -0.05) is 43.0 Å². The minimum absolute atomic E-state index is 0.0891. The molecule has 2 aliphatic heterocycles. The van der Waals surface area contributed by atoms with Gasteiger partial charge in [0.2, 0.25) is 12.3 Å². The molecule has 1 aromatic carbocycles. The van der Waals surface area contributed by atoms with Gasteiger partial charge in [0.05, 0.1) is 11.0 Å². The molecule has 10 nitrogen and oxygen atoms in total. The van der Waals surface area contributed by atoms with Crippen LogP contribution in [0.2, 0.25) is 0 Å². The lowest BCUT2D eigenvalue weighted by Gasteiger charge is -2.55. The Bertz CT molecular complexity index is 1330. The molecular formula is C29H36N4O6. The molecule has 0 radical (unpaired) electrons. The van der Waals surface area contributed by atoms with E-state index in [9.17, 15) is 19.5 Å². The van der Waals surface area contributed by atoms with Crippen LogP contribution < -0.4 is 5.56 Å². The molecule has 10 heteroatoms. The fourth-order valence-corrected chi connectivity index (χ4v) is 8.14. The molecule has 6 rings (SSSR count). The molecule has 4 aliphatic rings. The number of benzene rings is 1. The van der Waals surface area contributed by atoms with E-state index in [0.717, 1.165) is 37.5 Å². The molecule has 2 N–H and O–H groups in total. The van der Waals surface area contributed by atoms with E-state index in [4.69, 9.17) is 9.94 Å². The molecular weight excluding hydrogens is 500 g/mol. The largest absolute Gasteiger partial charge is 0.479 e. The van der Waals surface area contributed by atoms with Crippen molar-refractivity contribution < 1.29 is 24.6 Å². The lowest BCUT2D eigenvalue weighted by atomic mass is 9.68. The van der Waals surface area contributed by atoms with Crippen LogP contribution in [0.5, 0.6) is 0 Å². The van der Waals surface area contributed by atoms with Gasteiger partial charge in [-0.25, -0.2) is 14.6 Å². The number of nitrogens with zero attached hydrogens (tertiary/aromatic N) is 4. The lowest BCUT2D eigenvalue weighted by Crippen LogP contribution is -2.58. The van der Waals surface area contributed by atoms with Crippen molar-refractivity contribution in [3.05, 3.63) is 40.3 Å². The third-order valence-electron chi connectivity index (χ3n) is 9.46. The zero-order valence-corrected chi connectivity index (χ0v) is 22.1. The van der Waals surface area contributed by atoms with Crippen LogP contribution in [0.4, 0.5) is 0 Å². The SMILES string of the molecule is O=C(O)CO/N=C(\C(=O)O)c1nc2ccccc2n(C2C[C@H]3CCC[C@@H](C2)N3C2C[C@H]3CCC[C@@H](C2)C3)c1=O. The number of aromatic nitrogens is 2. The number of fused-ring (bicyclic) bond motifs is 5. The molecule has 0 amide bonds. The van der Waals surface area contributed by atoms with Gasteiger partial charge in [-0.2, -0.15) is 0 Å². The number of aliphatic carboxylic acids is 2. The number of oxime groups is 1. The maximum Gasteiger partial charge on any atom is 0.360 e. The third kappa shape index (κ3) is 5.06. The smallest absolute Gasteiger partial charge is 0.360 e. The maximum atomic E-state index is 13.9. The summed E-state index contributed by atoms with van der Waals surface area (Å²) in [5, 5.41) is 22.2. The van der Waals surface area contributed by atoms with Crippen LogP contribution in [0, 0.1) is 11.8 Å². The number of rotatable bonds is 7. The van der Waals surface area contributed by atoms with Crippen molar-refractivity contribution in [1.29, 1.82) is 0 Å². The Balaban J connectivity index is 1.35. The van der Waals surface area contributed by atoms with Gasteiger partial charge in [0.25, 0.3) is 5.56 Å². The number of carbonyl (C=O) groups is 2. The van der Waals surface area contributed by atoms with Gasteiger partial charge in [0, 0.05) is 24.2 Å². The molecule has 2 aliphatic carbocycles. The topological polar surface area (TPSA) is 134 Å². The van der Waals surface area contributed by atoms with Crippen molar-refractivity contribution in [3.63, 3.8) is 0 Å². The predicted molar refractivity (Wildman–Crippen MR) is 144 cm³/mol. The molecule has 2 saturated heterocycles. The van der Waals surface area contributed by atoms with E-state index in [-0.39, 0.29) is 11.7 Å². The van der Waals surface area contributed by atoms with Crippen molar-refractivity contribution in [2.24, 2.45) is 17.0 Å². The Morgan fingerprint density at radius 2 is 1.56 bits per heavy atom. The van der Waals surface area contributed by atoms with Gasteiger partial charge < -0.3 is 19.6 Å². The summed E-state index contributed by atoms with van der Waals surface area (Å²) in [6, 6.07) is 8.61. The second-order valence-electron chi connectivity index (χ2n) is 11.9. The molecule has 4 fully saturated rings. The maximum absolute atomic E-state index is 13.9. The Labute approximate surface area is 226 Å². The number of carboxylic acids is 2. The van der Waals surface area contributed by atoms with E-state index in [1.165, 1.54) is 44.9 Å². The van der Waals surface area contributed by atoms with Crippen molar-refractivity contribution in [3.8, 4) is 0 Å². The average Bonchev–Trinajstić information content (AvgIpc) is 2.90. The predicted octanol–water partition coefficient (Wildman–Crippen LogP) is 3.81. The number of hydrogen-bond donors (Lipinski definition) is 2. The zero-order valence-electron chi connectivity index (χ0n) is 22.1. The quantitative estimate of drug-likeness (QED) is 0.403.